The van der Waals surface area contributed by atoms with Crippen molar-refractivity contribution in [2.45, 2.75) is 6.92 Å². The minimum atomic E-state index is 0.846. The molecule has 0 saturated carbocycles. The van der Waals surface area contributed by atoms with E-state index in [1.807, 2.05) is 54.6 Å². The van der Waals surface area contributed by atoms with Crippen LogP contribution in [0.15, 0.2) is 77.3 Å². The van der Waals surface area contributed by atoms with E-state index < -0.39 is 0 Å². The second-order valence-corrected chi connectivity index (χ2v) is 5.73. The number of halogens is 1. The first-order chi connectivity index (χ1) is 10.2. The van der Waals surface area contributed by atoms with Gasteiger partial charge in [-0.2, -0.15) is 0 Å². The molecule has 104 valence electrons. The van der Waals surface area contributed by atoms with E-state index in [2.05, 4.69) is 41.1 Å². The Balaban J connectivity index is 1.98. The van der Waals surface area contributed by atoms with Gasteiger partial charge in [-0.15, -0.1) is 0 Å². The molecular weight excluding hydrogens is 324 g/mol. The summed E-state index contributed by atoms with van der Waals surface area (Å²) in [6, 6.07) is 24.4. The van der Waals surface area contributed by atoms with Crippen molar-refractivity contribution in [3.05, 3.63) is 82.8 Å². The molecule has 3 aromatic rings. The molecule has 21 heavy (non-hydrogen) atoms. The average molecular weight is 339 g/mol. The summed E-state index contributed by atoms with van der Waals surface area (Å²) in [4.78, 5) is 0. The average Bonchev–Trinajstić information content (AvgIpc) is 2.52. The Kier molecular flexibility index (Phi) is 4.07. The van der Waals surface area contributed by atoms with Gasteiger partial charge in [0.15, 0.2) is 0 Å². The van der Waals surface area contributed by atoms with Gasteiger partial charge in [-0.25, -0.2) is 0 Å². The normalized spacial score (nSPS) is 10.4. The standard InChI is InChI=1S/C19H15BrO/c1-14-13-16(11-12-18(14)20)21-19-10-6-5-9-17(19)15-7-3-2-4-8-15/h2-13H,1H3. The van der Waals surface area contributed by atoms with Crippen molar-refractivity contribution in [3.8, 4) is 22.6 Å². The Morgan fingerprint density at radius 2 is 1.52 bits per heavy atom. The molecule has 0 aliphatic rings. The summed E-state index contributed by atoms with van der Waals surface area (Å²) in [6.07, 6.45) is 0. The van der Waals surface area contributed by atoms with E-state index in [4.69, 9.17) is 4.74 Å². The number of rotatable bonds is 3. The van der Waals surface area contributed by atoms with Crippen molar-refractivity contribution in [2.75, 3.05) is 0 Å². The van der Waals surface area contributed by atoms with Crippen LogP contribution < -0.4 is 4.74 Å². The van der Waals surface area contributed by atoms with E-state index in [1.54, 1.807) is 0 Å². The lowest BCUT2D eigenvalue weighted by Gasteiger charge is -2.12. The molecule has 3 rings (SSSR count). The van der Waals surface area contributed by atoms with E-state index in [-0.39, 0.29) is 0 Å². The molecule has 0 aliphatic heterocycles. The number of benzene rings is 3. The number of hydrogen-bond donors (Lipinski definition) is 0. The Morgan fingerprint density at radius 3 is 2.29 bits per heavy atom. The maximum absolute atomic E-state index is 6.08. The van der Waals surface area contributed by atoms with Gasteiger partial charge >= 0.3 is 0 Å². The highest BCUT2D eigenvalue weighted by molar-refractivity contribution is 9.10. The summed E-state index contributed by atoms with van der Waals surface area (Å²) in [6.45, 7) is 2.06. The van der Waals surface area contributed by atoms with Crippen LogP contribution in [0, 0.1) is 6.92 Å². The van der Waals surface area contributed by atoms with Crippen LogP contribution in [0.2, 0.25) is 0 Å². The van der Waals surface area contributed by atoms with Gasteiger partial charge in [0.25, 0.3) is 0 Å². The van der Waals surface area contributed by atoms with Gasteiger partial charge in [0.1, 0.15) is 11.5 Å². The molecule has 0 bridgehead atoms. The van der Waals surface area contributed by atoms with E-state index >= 15 is 0 Å². The van der Waals surface area contributed by atoms with Crippen LogP contribution in [0.3, 0.4) is 0 Å². The zero-order valence-corrected chi connectivity index (χ0v) is 13.3. The van der Waals surface area contributed by atoms with Gasteiger partial charge in [0, 0.05) is 10.0 Å². The van der Waals surface area contributed by atoms with E-state index in [0.29, 0.717) is 0 Å². The molecule has 1 nitrogen and oxygen atoms in total. The molecule has 2 heteroatoms. The Labute approximate surface area is 133 Å². The first-order valence-corrected chi connectivity index (χ1v) is 7.62. The van der Waals surface area contributed by atoms with Crippen LogP contribution >= 0.6 is 15.9 Å². The van der Waals surface area contributed by atoms with E-state index in [1.165, 1.54) is 0 Å². The van der Waals surface area contributed by atoms with Crippen molar-refractivity contribution in [1.82, 2.24) is 0 Å². The van der Waals surface area contributed by atoms with Crippen LogP contribution in [-0.4, -0.2) is 0 Å². The number of para-hydroxylation sites is 1. The fraction of sp³-hybridized carbons (Fsp3) is 0.0526. The predicted molar refractivity (Wildman–Crippen MR) is 90.8 cm³/mol. The largest absolute Gasteiger partial charge is 0.457 e. The summed E-state index contributed by atoms with van der Waals surface area (Å²) in [5, 5.41) is 0. The highest BCUT2D eigenvalue weighted by atomic mass is 79.9. The minimum absolute atomic E-state index is 0.846. The van der Waals surface area contributed by atoms with Crippen LogP contribution in [0.5, 0.6) is 11.5 Å². The number of ether oxygens (including phenoxy) is 1. The fourth-order valence-electron chi connectivity index (χ4n) is 2.22. The summed E-state index contributed by atoms with van der Waals surface area (Å²) in [7, 11) is 0. The highest BCUT2D eigenvalue weighted by Gasteiger charge is 2.07. The zero-order chi connectivity index (χ0) is 14.7. The third-order valence-corrected chi connectivity index (χ3v) is 4.22. The first kappa shape index (κ1) is 13.9. The van der Waals surface area contributed by atoms with Crippen molar-refractivity contribution in [2.24, 2.45) is 0 Å². The number of hydrogen-bond acceptors (Lipinski definition) is 1. The summed E-state index contributed by atoms with van der Waals surface area (Å²) in [5.74, 6) is 1.71. The smallest absolute Gasteiger partial charge is 0.135 e. The summed E-state index contributed by atoms with van der Waals surface area (Å²) in [5.41, 5.74) is 3.41. The molecule has 0 atom stereocenters. The molecule has 0 unspecified atom stereocenters. The van der Waals surface area contributed by atoms with Crippen molar-refractivity contribution < 1.29 is 4.74 Å². The Hall–Kier alpha value is -2.06. The van der Waals surface area contributed by atoms with E-state index in [9.17, 15) is 0 Å². The van der Waals surface area contributed by atoms with E-state index in [0.717, 1.165) is 32.7 Å². The molecule has 0 saturated heterocycles. The molecule has 0 aliphatic carbocycles. The van der Waals surface area contributed by atoms with Crippen LogP contribution in [0.4, 0.5) is 0 Å². The van der Waals surface area contributed by atoms with Crippen LogP contribution in [0.1, 0.15) is 5.56 Å². The van der Waals surface area contributed by atoms with Gasteiger partial charge in [0.05, 0.1) is 0 Å². The third kappa shape index (κ3) is 3.17. The molecule has 0 aromatic heterocycles. The second-order valence-electron chi connectivity index (χ2n) is 4.88. The van der Waals surface area contributed by atoms with Gasteiger partial charge < -0.3 is 4.74 Å². The van der Waals surface area contributed by atoms with Gasteiger partial charge in [-0.1, -0.05) is 64.5 Å². The lowest BCUT2D eigenvalue weighted by molar-refractivity contribution is 0.484. The maximum atomic E-state index is 6.08. The molecule has 0 fully saturated rings. The topological polar surface area (TPSA) is 9.23 Å². The Bertz CT molecular complexity index is 751. The number of aryl methyl sites for hydroxylation is 1. The quantitative estimate of drug-likeness (QED) is 0.551. The molecule has 0 spiro atoms. The molecular formula is C19H15BrO. The predicted octanol–water partition coefficient (Wildman–Crippen LogP) is 6.22. The highest BCUT2D eigenvalue weighted by Crippen LogP contribution is 2.34. The first-order valence-electron chi connectivity index (χ1n) is 6.82. The zero-order valence-electron chi connectivity index (χ0n) is 11.7. The van der Waals surface area contributed by atoms with Crippen LogP contribution in [0.25, 0.3) is 11.1 Å². The summed E-state index contributed by atoms with van der Waals surface area (Å²) >= 11 is 3.51. The minimum Gasteiger partial charge on any atom is -0.457 e. The lowest BCUT2D eigenvalue weighted by Crippen LogP contribution is -1.89. The van der Waals surface area contributed by atoms with Crippen molar-refractivity contribution in [3.63, 3.8) is 0 Å². The molecule has 0 amide bonds. The van der Waals surface area contributed by atoms with Gasteiger partial charge in [-0.3, -0.25) is 0 Å². The molecule has 0 N–H and O–H groups in total. The van der Waals surface area contributed by atoms with Gasteiger partial charge in [0.2, 0.25) is 0 Å². The molecule has 3 aromatic carbocycles. The van der Waals surface area contributed by atoms with Gasteiger partial charge in [-0.05, 0) is 42.3 Å². The maximum Gasteiger partial charge on any atom is 0.135 e. The van der Waals surface area contributed by atoms with Crippen molar-refractivity contribution in [1.29, 1.82) is 0 Å². The van der Waals surface area contributed by atoms with Crippen LogP contribution in [-0.2, 0) is 0 Å². The lowest BCUT2D eigenvalue weighted by atomic mass is 10.0. The molecule has 0 heterocycles. The third-order valence-electron chi connectivity index (χ3n) is 3.33. The second kappa shape index (κ2) is 6.15. The molecule has 0 radical (unpaired) electrons. The Morgan fingerprint density at radius 1 is 0.810 bits per heavy atom. The SMILES string of the molecule is Cc1cc(Oc2ccccc2-c2ccccc2)ccc1Br. The van der Waals surface area contributed by atoms with Crippen molar-refractivity contribution >= 4 is 15.9 Å². The summed E-state index contributed by atoms with van der Waals surface area (Å²) < 4.78 is 7.17. The monoisotopic (exact) mass is 338 g/mol. The fourth-order valence-corrected chi connectivity index (χ4v) is 2.47.